The Labute approximate surface area is 91.3 Å². The van der Waals surface area contributed by atoms with Crippen LogP contribution in [0.25, 0.3) is 0 Å². The van der Waals surface area contributed by atoms with Crippen LogP contribution in [0.15, 0.2) is 0 Å². The second kappa shape index (κ2) is 17.0. The first-order chi connectivity index (χ1) is 0. The van der Waals surface area contributed by atoms with Crippen molar-refractivity contribution >= 4 is 0 Å². The Bertz CT molecular complexity index is 8.00. The molecule has 4 heavy (non-hydrogen) atoms. The van der Waals surface area contributed by atoms with E-state index in [2.05, 4.69) is 0 Å². The van der Waals surface area contributed by atoms with Gasteiger partial charge < -0.3 is 0 Å². The van der Waals surface area contributed by atoms with Gasteiger partial charge in [0.2, 0.25) is 0 Å². The molecule has 0 saturated heterocycles. The third-order valence-electron chi connectivity index (χ3n) is 0. The van der Waals surface area contributed by atoms with Crippen molar-refractivity contribution < 1.29 is 85.8 Å². The first kappa shape index (κ1) is 29.0. The largest absolute Gasteiger partial charge is 0.0776 e. The Kier molecular flexibility index (Phi) is 123. The van der Waals surface area contributed by atoms with Gasteiger partial charge in [-0.25, -0.2) is 0 Å². The third-order valence-corrected chi connectivity index (χ3v) is 0. The standard InChI is InChI=1S/CH4.Ce.Nb.Ti/h1H4;;;. The Morgan fingerprint density at radius 3 is 1.00 bits per heavy atom. The Morgan fingerprint density at radius 2 is 1.00 bits per heavy atom. The first-order valence-electron chi connectivity index (χ1n) is 0. The summed E-state index contributed by atoms with van der Waals surface area (Å²) in [5.41, 5.74) is 0. The number of hydrogen-bond acceptors (Lipinski definition) is 0. The molecule has 0 aromatic rings. The fourth-order valence-electron chi connectivity index (χ4n) is 0. The quantitative estimate of drug-likeness (QED) is 0.575. The maximum atomic E-state index is 0. The van der Waals surface area contributed by atoms with Gasteiger partial charge in [-0.1, -0.05) is 7.43 Å². The second-order valence-electron chi connectivity index (χ2n) is 0. The van der Waals surface area contributed by atoms with Crippen molar-refractivity contribution in [3.63, 3.8) is 0 Å². The monoisotopic (exact) mass is 297 g/mol. The van der Waals surface area contributed by atoms with Crippen molar-refractivity contribution in [1.29, 1.82) is 0 Å². The SMILES string of the molecule is C.[Ce].[Nb].[Ti]. The van der Waals surface area contributed by atoms with Gasteiger partial charge in [0.05, 0.1) is 0 Å². The van der Waals surface area contributed by atoms with Gasteiger partial charge in [0, 0.05) is 85.8 Å². The Hall–Kier alpha value is 2.83. The van der Waals surface area contributed by atoms with Gasteiger partial charge in [-0.3, -0.25) is 0 Å². The molecule has 21 valence electrons. The summed E-state index contributed by atoms with van der Waals surface area (Å²) in [5, 5.41) is 0. The van der Waals surface area contributed by atoms with Crippen LogP contribution in [0.1, 0.15) is 7.43 Å². The molecular formula is CH4CeNbTi. The molecule has 3 heteroatoms. The van der Waals surface area contributed by atoms with Crippen molar-refractivity contribution in [1.82, 2.24) is 0 Å². The van der Waals surface area contributed by atoms with E-state index in [1.165, 1.54) is 0 Å². The molecule has 0 N–H and O–H groups in total. The van der Waals surface area contributed by atoms with E-state index in [9.17, 15) is 0 Å². The minimum absolute atomic E-state index is 0. The summed E-state index contributed by atoms with van der Waals surface area (Å²) in [5.74, 6) is 0. The fraction of sp³-hybridized carbons (Fsp3) is 1.00. The van der Waals surface area contributed by atoms with E-state index in [1.807, 2.05) is 0 Å². The topological polar surface area (TPSA) is 0 Å². The molecule has 0 heterocycles. The van der Waals surface area contributed by atoms with Crippen molar-refractivity contribution in [2.45, 2.75) is 7.43 Å². The predicted molar refractivity (Wildman–Crippen MR) is 6.73 cm³/mol. The smallest absolute Gasteiger partial charge is 0 e. The van der Waals surface area contributed by atoms with Gasteiger partial charge in [-0.2, -0.15) is 0 Å². The van der Waals surface area contributed by atoms with E-state index < -0.39 is 0 Å². The van der Waals surface area contributed by atoms with Gasteiger partial charge in [-0.05, 0) is 0 Å². The van der Waals surface area contributed by atoms with E-state index in [0.717, 1.165) is 0 Å². The summed E-state index contributed by atoms with van der Waals surface area (Å²) in [6, 6.07) is 0. The molecule has 0 spiro atoms. The van der Waals surface area contributed by atoms with Crippen LogP contribution in [0.5, 0.6) is 0 Å². The van der Waals surface area contributed by atoms with Crippen molar-refractivity contribution in [3.05, 3.63) is 0 Å². The van der Waals surface area contributed by atoms with Crippen molar-refractivity contribution in [2.24, 2.45) is 0 Å². The van der Waals surface area contributed by atoms with Gasteiger partial charge >= 0.3 is 0 Å². The van der Waals surface area contributed by atoms with Gasteiger partial charge in [-0.15, -0.1) is 0 Å². The van der Waals surface area contributed by atoms with Crippen LogP contribution < -0.4 is 0 Å². The molecule has 0 bridgehead atoms. The molecule has 0 aromatic carbocycles. The third kappa shape index (κ3) is 8.85. The van der Waals surface area contributed by atoms with Crippen LogP contribution in [0.4, 0.5) is 0 Å². The van der Waals surface area contributed by atoms with Crippen molar-refractivity contribution in [2.75, 3.05) is 0 Å². The molecule has 0 rings (SSSR count). The van der Waals surface area contributed by atoms with Crippen LogP contribution in [0.2, 0.25) is 0 Å². The summed E-state index contributed by atoms with van der Waals surface area (Å²) in [6.07, 6.45) is 0. The fourth-order valence-corrected chi connectivity index (χ4v) is 0. The summed E-state index contributed by atoms with van der Waals surface area (Å²) in [7, 11) is 0. The molecule has 0 aliphatic carbocycles. The van der Waals surface area contributed by atoms with E-state index in [-0.39, 0.29) is 93.3 Å². The average molecular weight is 297 g/mol. The van der Waals surface area contributed by atoms with Gasteiger partial charge in [0.15, 0.2) is 0 Å². The van der Waals surface area contributed by atoms with E-state index in [0.29, 0.717) is 0 Å². The summed E-state index contributed by atoms with van der Waals surface area (Å²) in [6.45, 7) is 0. The molecule has 1 radical (unpaired) electrons. The van der Waals surface area contributed by atoms with E-state index in [1.54, 1.807) is 0 Å². The molecule has 0 aromatic heterocycles. The predicted octanol–water partition coefficient (Wildman–Crippen LogP) is 0.631. The first-order valence-corrected chi connectivity index (χ1v) is 0. The maximum Gasteiger partial charge on any atom is 0 e. The summed E-state index contributed by atoms with van der Waals surface area (Å²) >= 11 is 0. The Morgan fingerprint density at radius 1 is 1.00 bits per heavy atom. The summed E-state index contributed by atoms with van der Waals surface area (Å²) < 4.78 is 0. The van der Waals surface area contributed by atoms with Gasteiger partial charge in [0.1, 0.15) is 0 Å². The van der Waals surface area contributed by atoms with Gasteiger partial charge in [0.25, 0.3) is 0 Å². The molecule has 0 nitrogen and oxygen atoms in total. The zero-order valence-electron chi connectivity index (χ0n) is 1.45. The van der Waals surface area contributed by atoms with Crippen LogP contribution in [-0.2, 0) is 44.1 Å². The zero-order valence-corrected chi connectivity index (χ0v) is 8.35. The van der Waals surface area contributed by atoms with Crippen LogP contribution >= 0.6 is 0 Å². The van der Waals surface area contributed by atoms with Crippen LogP contribution in [0.3, 0.4) is 0 Å². The van der Waals surface area contributed by atoms with E-state index in [4.69, 9.17) is 0 Å². The summed E-state index contributed by atoms with van der Waals surface area (Å²) in [4.78, 5) is 0. The molecule has 0 aliphatic heterocycles. The second-order valence-corrected chi connectivity index (χ2v) is 0. The van der Waals surface area contributed by atoms with Crippen LogP contribution in [0, 0.1) is 41.7 Å². The average Bonchev–Trinajstić information content (AvgIpc) is 0. The zero-order chi connectivity index (χ0) is 0. The van der Waals surface area contributed by atoms with Crippen molar-refractivity contribution in [3.8, 4) is 0 Å². The normalized spacial score (nSPS) is 0. The molecular weight excluding hydrogens is 293 g/mol. The maximum absolute atomic E-state index is 0. The van der Waals surface area contributed by atoms with E-state index >= 15 is 0 Å². The minimum Gasteiger partial charge on any atom is -0.0776 e. The molecule has 0 amide bonds. The Balaban J connectivity index is 0. The van der Waals surface area contributed by atoms with Crippen LogP contribution in [-0.4, -0.2) is 0 Å². The number of rotatable bonds is 0. The minimum atomic E-state index is 0. The molecule has 0 fully saturated rings. The molecule has 0 unspecified atom stereocenters. The molecule has 0 saturated carbocycles. The molecule has 0 aliphatic rings. The molecule has 0 atom stereocenters. The number of hydrogen-bond donors (Lipinski definition) is 0.